The first-order valence-electron chi connectivity index (χ1n) is 8.24. The number of para-hydroxylation sites is 1. The minimum Gasteiger partial charge on any atom is -0.459 e. The summed E-state index contributed by atoms with van der Waals surface area (Å²) in [7, 11) is 1.68. The van der Waals surface area contributed by atoms with Crippen LogP contribution in [0, 0.1) is 0 Å². The zero-order valence-corrected chi connectivity index (χ0v) is 15.3. The average molecular weight is 371 g/mol. The fraction of sp³-hybridized carbons (Fsp3) is 0.200. The largest absolute Gasteiger partial charge is 0.459 e. The molecule has 3 aromatic rings. The molecule has 2 amide bonds. The molecule has 1 heterocycles. The molecule has 0 aliphatic carbocycles. The van der Waals surface area contributed by atoms with Crippen LogP contribution in [0.2, 0.25) is 5.02 Å². The van der Waals surface area contributed by atoms with Crippen molar-refractivity contribution in [3.05, 3.63) is 70.9 Å². The van der Waals surface area contributed by atoms with E-state index in [1.807, 2.05) is 37.3 Å². The van der Waals surface area contributed by atoms with E-state index < -0.39 is 0 Å². The van der Waals surface area contributed by atoms with E-state index in [9.17, 15) is 9.59 Å². The van der Waals surface area contributed by atoms with E-state index in [0.29, 0.717) is 16.3 Å². The van der Waals surface area contributed by atoms with Gasteiger partial charge in [-0.2, -0.15) is 0 Å². The Morgan fingerprint density at radius 1 is 1.15 bits per heavy atom. The highest BCUT2D eigenvalue weighted by Gasteiger charge is 2.21. The standard InChI is InChI=1S/C20H19ClN2O3/c1-13(18-11-14-7-3-6-10-17(14)26-18)23(2)19(24)12-22-20(25)15-8-4-5-9-16(15)21/h3-11,13H,12H2,1-2H3,(H,22,25). The second kappa shape index (κ2) is 7.62. The van der Waals surface area contributed by atoms with Crippen LogP contribution < -0.4 is 5.32 Å². The van der Waals surface area contributed by atoms with Gasteiger partial charge in [-0.15, -0.1) is 0 Å². The van der Waals surface area contributed by atoms with Gasteiger partial charge in [-0.05, 0) is 31.2 Å². The Hall–Kier alpha value is -2.79. The molecule has 0 bridgehead atoms. The molecule has 0 aliphatic heterocycles. The molecule has 0 saturated carbocycles. The highest BCUT2D eigenvalue weighted by atomic mass is 35.5. The molecule has 0 spiro atoms. The normalized spacial score (nSPS) is 12.0. The molecular weight excluding hydrogens is 352 g/mol. The molecule has 26 heavy (non-hydrogen) atoms. The number of carbonyl (C=O) groups is 2. The summed E-state index contributed by atoms with van der Waals surface area (Å²) in [6.07, 6.45) is 0. The number of nitrogens with zero attached hydrogens (tertiary/aromatic N) is 1. The molecule has 0 fully saturated rings. The van der Waals surface area contributed by atoms with Gasteiger partial charge in [0.2, 0.25) is 5.91 Å². The third-order valence-electron chi connectivity index (χ3n) is 4.35. The summed E-state index contributed by atoms with van der Waals surface area (Å²) < 4.78 is 5.81. The van der Waals surface area contributed by atoms with Crippen LogP contribution in [-0.4, -0.2) is 30.3 Å². The fourth-order valence-corrected chi connectivity index (χ4v) is 2.86. The first-order chi connectivity index (χ1) is 12.5. The van der Waals surface area contributed by atoms with Crippen LogP contribution in [0.1, 0.15) is 29.1 Å². The maximum atomic E-state index is 12.4. The van der Waals surface area contributed by atoms with Gasteiger partial charge >= 0.3 is 0 Å². The summed E-state index contributed by atoms with van der Waals surface area (Å²) >= 11 is 6.00. The first kappa shape index (κ1) is 18.0. The van der Waals surface area contributed by atoms with E-state index in [-0.39, 0.29) is 24.4 Å². The molecule has 0 saturated heterocycles. The van der Waals surface area contributed by atoms with Crippen LogP contribution >= 0.6 is 11.6 Å². The molecule has 1 aromatic heterocycles. The van der Waals surface area contributed by atoms with Crippen LogP contribution in [0.5, 0.6) is 0 Å². The Kier molecular flexibility index (Phi) is 5.28. The molecule has 6 heteroatoms. The van der Waals surface area contributed by atoms with Gasteiger partial charge in [-0.3, -0.25) is 9.59 Å². The molecule has 5 nitrogen and oxygen atoms in total. The molecule has 1 N–H and O–H groups in total. The van der Waals surface area contributed by atoms with Gasteiger partial charge in [0.25, 0.3) is 5.91 Å². The van der Waals surface area contributed by atoms with Gasteiger partial charge in [-0.25, -0.2) is 0 Å². The Morgan fingerprint density at radius 2 is 1.85 bits per heavy atom. The number of hydrogen-bond acceptors (Lipinski definition) is 3. The second-order valence-electron chi connectivity index (χ2n) is 6.03. The molecule has 2 aromatic carbocycles. The minimum absolute atomic E-state index is 0.120. The average Bonchev–Trinajstić information content (AvgIpc) is 3.09. The number of furan rings is 1. The quantitative estimate of drug-likeness (QED) is 0.737. The number of halogens is 1. The van der Waals surface area contributed by atoms with E-state index >= 15 is 0 Å². The summed E-state index contributed by atoms with van der Waals surface area (Å²) in [5.74, 6) is 0.0894. The summed E-state index contributed by atoms with van der Waals surface area (Å²) in [6, 6.07) is 16.1. The van der Waals surface area contributed by atoms with Crippen molar-refractivity contribution in [2.75, 3.05) is 13.6 Å². The Morgan fingerprint density at radius 3 is 2.58 bits per heavy atom. The predicted octanol–water partition coefficient (Wildman–Crippen LogP) is 4.04. The second-order valence-corrected chi connectivity index (χ2v) is 6.44. The van der Waals surface area contributed by atoms with Gasteiger partial charge in [-0.1, -0.05) is 41.9 Å². The number of benzene rings is 2. The first-order valence-corrected chi connectivity index (χ1v) is 8.62. The van der Waals surface area contributed by atoms with Crippen molar-refractivity contribution in [2.24, 2.45) is 0 Å². The summed E-state index contributed by atoms with van der Waals surface area (Å²) in [5, 5.41) is 3.94. The monoisotopic (exact) mass is 370 g/mol. The zero-order chi connectivity index (χ0) is 18.7. The van der Waals surface area contributed by atoms with E-state index in [1.54, 1.807) is 36.2 Å². The van der Waals surface area contributed by atoms with Gasteiger partial charge in [0.1, 0.15) is 11.3 Å². The van der Waals surface area contributed by atoms with E-state index in [1.165, 1.54) is 0 Å². The van der Waals surface area contributed by atoms with Crippen molar-refractivity contribution in [2.45, 2.75) is 13.0 Å². The fourth-order valence-electron chi connectivity index (χ4n) is 2.64. The minimum atomic E-state index is -0.381. The van der Waals surface area contributed by atoms with Crippen LogP contribution in [0.15, 0.2) is 59.0 Å². The third kappa shape index (κ3) is 3.73. The lowest BCUT2D eigenvalue weighted by Crippen LogP contribution is -2.39. The number of fused-ring (bicyclic) bond motifs is 1. The topological polar surface area (TPSA) is 62.6 Å². The number of hydrogen-bond donors (Lipinski definition) is 1. The van der Waals surface area contributed by atoms with Crippen molar-refractivity contribution < 1.29 is 14.0 Å². The summed E-state index contributed by atoms with van der Waals surface area (Å²) in [5.41, 5.74) is 1.12. The van der Waals surface area contributed by atoms with Crippen LogP contribution in [0.4, 0.5) is 0 Å². The van der Waals surface area contributed by atoms with Crippen molar-refractivity contribution in [3.63, 3.8) is 0 Å². The molecular formula is C20H19ClN2O3. The maximum absolute atomic E-state index is 12.4. The SMILES string of the molecule is CC(c1cc2ccccc2o1)N(C)C(=O)CNC(=O)c1ccccc1Cl. The van der Waals surface area contributed by atoms with Crippen LogP contribution in [0.3, 0.4) is 0 Å². The van der Waals surface area contributed by atoms with Crippen molar-refractivity contribution in [3.8, 4) is 0 Å². The highest BCUT2D eigenvalue weighted by molar-refractivity contribution is 6.33. The molecule has 1 atom stereocenters. The number of carbonyl (C=O) groups excluding carboxylic acids is 2. The lowest BCUT2D eigenvalue weighted by Gasteiger charge is -2.23. The van der Waals surface area contributed by atoms with E-state index in [2.05, 4.69) is 5.32 Å². The van der Waals surface area contributed by atoms with Crippen molar-refractivity contribution in [1.82, 2.24) is 10.2 Å². The Bertz CT molecular complexity index is 918. The molecule has 0 aliphatic rings. The number of likely N-dealkylation sites (N-methyl/N-ethyl adjacent to an activating group) is 1. The lowest BCUT2D eigenvalue weighted by atomic mass is 10.2. The summed E-state index contributed by atoms with van der Waals surface area (Å²) in [4.78, 5) is 26.1. The van der Waals surface area contributed by atoms with Gasteiger partial charge < -0.3 is 14.6 Å². The number of amides is 2. The lowest BCUT2D eigenvalue weighted by molar-refractivity contribution is -0.131. The molecule has 134 valence electrons. The maximum Gasteiger partial charge on any atom is 0.253 e. The predicted molar refractivity (Wildman–Crippen MR) is 101 cm³/mol. The highest BCUT2D eigenvalue weighted by Crippen LogP contribution is 2.26. The number of rotatable bonds is 5. The third-order valence-corrected chi connectivity index (χ3v) is 4.68. The molecule has 0 radical (unpaired) electrons. The van der Waals surface area contributed by atoms with Crippen molar-refractivity contribution >= 4 is 34.4 Å². The molecule has 3 rings (SSSR count). The van der Waals surface area contributed by atoms with Crippen molar-refractivity contribution in [1.29, 1.82) is 0 Å². The Balaban J connectivity index is 1.63. The summed E-state index contributed by atoms with van der Waals surface area (Å²) in [6.45, 7) is 1.76. The van der Waals surface area contributed by atoms with Gasteiger partial charge in [0.05, 0.1) is 23.2 Å². The molecule has 1 unspecified atom stereocenters. The number of nitrogens with one attached hydrogen (secondary N) is 1. The van der Waals surface area contributed by atoms with Crippen LogP contribution in [-0.2, 0) is 4.79 Å². The van der Waals surface area contributed by atoms with E-state index in [4.69, 9.17) is 16.0 Å². The zero-order valence-electron chi connectivity index (χ0n) is 14.5. The smallest absolute Gasteiger partial charge is 0.253 e. The van der Waals surface area contributed by atoms with Gasteiger partial charge in [0.15, 0.2) is 0 Å². The van der Waals surface area contributed by atoms with Crippen LogP contribution in [0.25, 0.3) is 11.0 Å². The Labute approximate surface area is 156 Å². The van der Waals surface area contributed by atoms with Gasteiger partial charge in [0, 0.05) is 12.4 Å². The van der Waals surface area contributed by atoms with E-state index in [0.717, 1.165) is 11.0 Å².